The lowest BCUT2D eigenvalue weighted by Gasteiger charge is -2.13. The van der Waals surface area contributed by atoms with Gasteiger partial charge in [0.15, 0.2) is 0 Å². The van der Waals surface area contributed by atoms with Crippen LogP contribution < -0.4 is 9.47 Å². The number of aliphatic carboxylic acids is 1. The van der Waals surface area contributed by atoms with Gasteiger partial charge in [0.05, 0.1) is 15.6 Å². The van der Waals surface area contributed by atoms with Gasteiger partial charge in [-0.25, -0.2) is 0 Å². The molecule has 0 unspecified atom stereocenters. The van der Waals surface area contributed by atoms with Crippen molar-refractivity contribution in [2.24, 2.45) is 0 Å². The second kappa shape index (κ2) is 11.1. The first-order valence-corrected chi connectivity index (χ1v) is 10.2. The highest BCUT2D eigenvalue weighted by Crippen LogP contribution is 2.35. The second-order valence-corrected chi connectivity index (χ2v) is 7.71. The fraction of sp³-hybridized carbons (Fsp3) is 0.286. The molecule has 0 spiro atoms. The molecule has 2 aromatic carbocycles. The first-order chi connectivity index (χ1) is 13.0. The predicted octanol–water partition coefficient (Wildman–Crippen LogP) is 6.15. The van der Waals surface area contributed by atoms with Gasteiger partial charge in [-0.1, -0.05) is 18.2 Å². The molecule has 0 aliphatic heterocycles. The van der Waals surface area contributed by atoms with Gasteiger partial charge in [0.1, 0.15) is 18.1 Å². The van der Waals surface area contributed by atoms with E-state index in [0.717, 1.165) is 38.7 Å². The van der Waals surface area contributed by atoms with Gasteiger partial charge in [0.2, 0.25) is 0 Å². The first-order valence-electron chi connectivity index (χ1n) is 8.64. The molecular formula is C21H22Br2O4. The lowest BCUT2D eigenvalue weighted by atomic mass is 10.1. The van der Waals surface area contributed by atoms with Gasteiger partial charge >= 0.3 is 5.97 Å². The van der Waals surface area contributed by atoms with Crippen LogP contribution >= 0.6 is 31.9 Å². The van der Waals surface area contributed by atoms with Crippen LogP contribution in [-0.2, 0) is 17.8 Å². The third-order valence-corrected chi connectivity index (χ3v) is 4.97. The molecule has 0 radical (unpaired) electrons. The molecule has 0 atom stereocenters. The molecule has 0 aliphatic carbocycles. The summed E-state index contributed by atoms with van der Waals surface area (Å²) in [6, 6.07) is 11.6. The normalized spacial score (nSPS) is 10.4. The SMILES string of the molecule is C=CCCCOc1cccc(COc2c(Br)cc(CCC(=O)O)cc2Br)c1. The van der Waals surface area contributed by atoms with Gasteiger partial charge in [-0.3, -0.25) is 4.79 Å². The maximum absolute atomic E-state index is 10.7. The van der Waals surface area contributed by atoms with Crippen molar-refractivity contribution >= 4 is 37.8 Å². The molecule has 0 amide bonds. The first kappa shape index (κ1) is 21.5. The molecule has 4 nitrogen and oxygen atoms in total. The minimum absolute atomic E-state index is 0.0959. The van der Waals surface area contributed by atoms with Crippen LogP contribution in [-0.4, -0.2) is 17.7 Å². The molecule has 0 fully saturated rings. The number of carboxylic acids is 1. The number of allylic oxidation sites excluding steroid dienone is 1. The monoisotopic (exact) mass is 496 g/mol. The summed E-state index contributed by atoms with van der Waals surface area (Å²) in [5.74, 6) is 0.697. The second-order valence-electron chi connectivity index (χ2n) is 6.00. The summed E-state index contributed by atoms with van der Waals surface area (Å²) in [6.07, 6.45) is 4.33. The van der Waals surface area contributed by atoms with Crippen molar-refractivity contribution in [2.75, 3.05) is 6.61 Å². The van der Waals surface area contributed by atoms with Crippen LogP contribution in [0.3, 0.4) is 0 Å². The Morgan fingerprint density at radius 2 is 1.85 bits per heavy atom. The van der Waals surface area contributed by atoms with Crippen LogP contribution in [0.5, 0.6) is 11.5 Å². The van der Waals surface area contributed by atoms with E-state index in [0.29, 0.717) is 25.4 Å². The standard InChI is InChI=1S/C21H22Br2O4/c1-2-3-4-10-26-17-7-5-6-16(11-17)14-27-21-18(22)12-15(13-19(21)23)8-9-20(24)25/h2,5-7,11-13H,1,3-4,8-10,14H2,(H,24,25). The fourth-order valence-corrected chi connectivity index (χ4v) is 3.95. The average molecular weight is 498 g/mol. The largest absolute Gasteiger partial charge is 0.494 e. The minimum atomic E-state index is -0.811. The van der Waals surface area contributed by atoms with Gasteiger partial charge in [-0.2, -0.15) is 0 Å². The zero-order valence-electron chi connectivity index (χ0n) is 14.9. The zero-order valence-corrected chi connectivity index (χ0v) is 18.1. The Balaban J connectivity index is 1.97. The van der Waals surface area contributed by atoms with Crippen molar-refractivity contribution in [2.45, 2.75) is 32.3 Å². The molecule has 1 N–H and O–H groups in total. The summed E-state index contributed by atoms with van der Waals surface area (Å²) in [5.41, 5.74) is 1.93. The summed E-state index contributed by atoms with van der Waals surface area (Å²) in [5, 5.41) is 8.82. The Morgan fingerprint density at radius 1 is 1.11 bits per heavy atom. The van der Waals surface area contributed by atoms with Gasteiger partial charge in [-0.15, -0.1) is 6.58 Å². The van der Waals surface area contributed by atoms with Crippen LogP contribution in [0, 0.1) is 0 Å². The van der Waals surface area contributed by atoms with Crippen molar-refractivity contribution in [1.29, 1.82) is 0 Å². The van der Waals surface area contributed by atoms with E-state index >= 15 is 0 Å². The highest BCUT2D eigenvalue weighted by molar-refractivity contribution is 9.11. The minimum Gasteiger partial charge on any atom is -0.494 e. The summed E-state index contributed by atoms with van der Waals surface area (Å²) in [4.78, 5) is 10.7. The van der Waals surface area contributed by atoms with E-state index in [4.69, 9.17) is 14.6 Å². The Labute approximate surface area is 176 Å². The zero-order chi connectivity index (χ0) is 19.6. The highest BCUT2D eigenvalue weighted by atomic mass is 79.9. The number of carboxylic acid groups (broad SMARTS) is 1. The van der Waals surface area contributed by atoms with Crippen LogP contribution in [0.2, 0.25) is 0 Å². The molecule has 0 heterocycles. The van der Waals surface area contributed by atoms with Gasteiger partial charge in [0, 0.05) is 6.42 Å². The number of unbranched alkanes of at least 4 members (excludes halogenated alkanes) is 1. The van der Waals surface area contributed by atoms with Crippen molar-refractivity contribution < 1.29 is 19.4 Å². The number of benzene rings is 2. The molecule has 0 bridgehead atoms. The van der Waals surface area contributed by atoms with E-state index in [1.165, 1.54) is 0 Å². The number of ether oxygens (including phenoxy) is 2. The van der Waals surface area contributed by atoms with Crippen molar-refractivity contribution in [3.05, 3.63) is 69.1 Å². The maximum Gasteiger partial charge on any atom is 0.303 e. The van der Waals surface area contributed by atoms with E-state index < -0.39 is 5.97 Å². The number of halogens is 2. The Kier molecular flexibility index (Phi) is 8.88. The Morgan fingerprint density at radius 3 is 2.52 bits per heavy atom. The van der Waals surface area contributed by atoms with Crippen molar-refractivity contribution in [3.8, 4) is 11.5 Å². The number of rotatable bonds is 11. The molecule has 0 aromatic heterocycles. The molecular weight excluding hydrogens is 476 g/mol. The van der Waals surface area contributed by atoms with Gasteiger partial charge < -0.3 is 14.6 Å². The topological polar surface area (TPSA) is 55.8 Å². The quantitative estimate of drug-likeness (QED) is 0.298. The van der Waals surface area contributed by atoms with E-state index in [1.54, 1.807) is 0 Å². The lowest BCUT2D eigenvalue weighted by molar-refractivity contribution is -0.136. The molecule has 0 aliphatic rings. The summed E-state index contributed by atoms with van der Waals surface area (Å²) in [7, 11) is 0. The third-order valence-electron chi connectivity index (χ3n) is 3.79. The van der Waals surface area contributed by atoms with Crippen molar-refractivity contribution in [3.63, 3.8) is 0 Å². The molecule has 6 heteroatoms. The Bertz CT molecular complexity index is 766. The molecule has 2 rings (SSSR count). The molecule has 144 valence electrons. The number of aryl methyl sites for hydroxylation is 1. The lowest BCUT2D eigenvalue weighted by Crippen LogP contribution is -2.01. The van der Waals surface area contributed by atoms with Crippen LogP contribution in [0.4, 0.5) is 0 Å². The van der Waals surface area contributed by atoms with Gasteiger partial charge in [-0.05, 0) is 86.5 Å². The van der Waals surface area contributed by atoms with E-state index in [-0.39, 0.29) is 6.42 Å². The van der Waals surface area contributed by atoms with Crippen LogP contribution in [0.25, 0.3) is 0 Å². The number of carbonyl (C=O) groups is 1. The van der Waals surface area contributed by atoms with E-state index in [2.05, 4.69) is 38.4 Å². The summed E-state index contributed by atoms with van der Waals surface area (Å²) < 4.78 is 13.3. The van der Waals surface area contributed by atoms with Crippen LogP contribution in [0.15, 0.2) is 58.0 Å². The van der Waals surface area contributed by atoms with Gasteiger partial charge in [0.25, 0.3) is 0 Å². The predicted molar refractivity (Wildman–Crippen MR) is 113 cm³/mol. The highest BCUT2D eigenvalue weighted by Gasteiger charge is 2.11. The van der Waals surface area contributed by atoms with E-state index in [9.17, 15) is 4.79 Å². The molecule has 0 saturated heterocycles. The summed E-state index contributed by atoms with van der Waals surface area (Å²) in [6.45, 7) is 4.76. The summed E-state index contributed by atoms with van der Waals surface area (Å²) >= 11 is 7.01. The Hall–Kier alpha value is -1.79. The van der Waals surface area contributed by atoms with Crippen LogP contribution in [0.1, 0.15) is 30.4 Å². The maximum atomic E-state index is 10.7. The third kappa shape index (κ3) is 7.39. The average Bonchev–Trinajstić information content (AvgIpc) is 2.63. The number of hydrogen-bond donors (Lipinski definition) is 1. The van der Waals surface area contributed by atoms with E-state index in [1.807, 2.05) is 42.5 Å². The molecule has 0 saturated carbocycles. The number of hydrogen-bond acceptors (Lipinski definition) is 3. The smallest absolute Gasteiger partial charge is 0.303 e. The van der Waals surface area contributed by atoms with Crippen molar-refractivity contribution in [1.82, 2.24) is 0 Å². The molecule has 27 heavy (non-hydrogen) atoms. The fourth-order valence-electron chi connectivity index (χ4n) is 2.44. The molecule has 2 aromatic rings.